The van der Waals surface area contributed by atoms with Gasteiger partial charge in [0.15, 0.2) is 5.11 Å². The first-order valence-electron chi connectivity index (χ1n) is 7.89. The number of nitrogens with two attached hydrogens (primary N) is 1. The summed E-state index contributed by atoms with van der Waals surface area (Å²) in [6.45, 7) is 3.70. The van der Waals surface area contributed by atoms with Gasteiger partial charge in [-0.3, -0.25) is 10.3 Å². The maximum absolute atomic E-state index is 13.7. The second-order valence-corrected chi connectivity index (χ2v) is 6.07. The first-order valence-corrected chi connectivity index (χ1v) is 8.30. The minimum atomic E-state index is -0.263. The summed E-state index contributed by atoms with van der Waals surface area (Å²) < 4.78 is 24.9. The highest BCUT2D eigenvalue weighted by Crippen LogP contribution is 2.27. The number of nitrogens with one attached hydrogen (secondary N) is 1. The molecule has 1 aliphatic rings. The van der Waals surface area contributed by atoms with Gasteiger partial charge in [0.1, 0.15) is 17.3 Å². The van der Waals surface area contributed by atoms with Crippen LogP contribution in [0.2, 0.25) is 0 Å². The lowest BCUT2D eigenvalue weighted by atomic mass is 10.0. The Bertz CT molecular complexity index is 772. The molecule has 3 rings (SSSR count). The van der Waals surface area contributed by atoms with Crippen molar-refractivity contribution >= 4 is 23.5 Å². The van der Waals surface area contributed by atoms with E-state index in [1.807, 2.05) is 6.07 Å². The van der Waals surface area contributed by atoms with Gasteiger partial charge in [-0.15, -0.1) is 0 Å². The van der Waals surface area contributed by atoms with Gasteiger partial charge in [0.05, 0.1) is 19.4 Å². The van der Waals surface area contributed by atoms with Gasteiger partial charge >= 0.3 is 0 Å². The Hall–Kier alpha value is -2.29. The number of furan rings is 1. The topological polar surface area (TPSA) is 76.0 Å². The van der Waals surface area contributed by atoms with E-state index in [2.05, 4.69) is 27.6 Å². The second kappa shape index (κ2) is 8.19. The molecule has 1 aliphatic heterocycles. The van der Waals surface area contributed by atoms with Crippen LogP contribution in [-0.2, 0) is 11.3 Å². The van der Waals surface area contributed by atoms with E-state index in [-0.39, 0.29) is 10.9 Å². The molecule has 1 aromatic heterocycles. The van der Waals surface area contributed by atoms with Crippen molar-refractivity contribution in [2.75, 3.05) is 26.3 Å². The third kappa shape index (κ3) is 4.85. The molecule has 1 aromatic carbocycles. The van der Waals surface area contributed by atoms with Gasteiger partial charge in [0.25, 0.3) is 0 Å². The van der Waals surface area contributed by atoms with Gasteiger partial charge in [-0.1, -0.05) is 0 Å². The number of hydrogen-bond acceptors (Lipinski definition) is 5. The number of thiocarbonyl (C=S) groups is 1. The summed E-state index contributed by atoms with van der Waals surface area (Å²) in [6, 6.07) is 8.33. The van der Waals surface area contributed by atoms with E-state index >= 15 is 0 Å². The molecular formula is C17H19FN4O2S. The van der Waals surface area contributed by atoms with Crippen molar-refractivity contribution in [1.82, 2.24) is 10.3 Å². The molecule has 2 aromatic rings. The summed E-state index contributed by atoms with van der Waals surface area (Å²) >= 11 is 4.67. The predicted molar refractivity (Wildman–Crippen MR) is 97.7 cm³/mol. The fourth-order valence-electron chi connectivity index (χ4n) is 2.66. The molecule has 6 nitrogen and oxygen atoms in total. The summed E-state index contributed by atoms with van der Waals surface area (Å²) in [5, 5.41) is 3.94. The normalized spacial score (nSPS) is 15.6. The van der Waals surface area contributed by atoms with Crippen molar-refractivity contribution in [3.63, 3.8) is 0 Å². The van der Waals surface area contributed by atoms with Crippen LogP contribution in [0, 0.1) is 5.82 Å². The molecule has 3 N–H and O–H groups in total. The van der Waals surface area contributed by atoms with Crippen LogP contribution in [0.5, 0.6) is 0 Å². The largest absolute Gasteiger partial charge is 0.455 e. The lowest BCUT2D eigenvalue weighted by molar-refractivity contribution is 0.0342. The minimum absolute atomic E-state index is 0.0781. The van der Waals surface area contributed by atoms with Crippen LogP contribution in [0.25, 0.3) is 11.3 Å². The molecule has 0 aliphatic carbocycles. The van der Waals surface area contributed by atoms with E-state index in [1.54, 1.807) is 18.2 Å². The number of morpholine rings is 1. The minimum Gasteiger partial charge on any atom is -0.455 e. The maximum atomic E-state index is 13.7. The number of benzene rings is 1. The number of hydrogen-bond donors (Lipinski definition) is 2. The smallest absolute Gasteiger partial charge is 0.184 e. The fraction of sp³-hybridized carbons (Fsp3) is 0.294. The van der Waals surface area contributed by atoms with Crippen molar-refractivity contribution in [1.29, 1.82) is 0 Å². The van der Waals surface area contributed by atoms with Crippen LogP contribution >= 0.6 is 12.2 Å². The Balaban J connectivity index is 1.80. The number of ether oxygens (including phenoxy) is 1. The van der Waals surface area contributed by atoms with Gasteiger partial charge in [-0.05, 0) is 48.1 Å². The zero-order chi connectivity index (χ0) is 17.6. The van der Waals surface area contributed by atoms with Gasteiger partial charge < -0.3 is 14.9 Å². The first-order chi connectivity index (χ1) is 12.1. The average Bonchev–Trinajstić information content (AvgIpc) is 3.04. The highest BCUT2D eigenvalue weighted by Gasteiger charge is 2.16. The van der Waals surface area contributed by atoms with Crippen LogP contribution < -0.4 is 11.2 Å². The summed E-state index contributed by atoms with van der Waals surface area (Å²) in [5.41, 5.74) is 9.50. The quantitative estimate of drug-likeness (QED) is 0.482. The fourth-order valence-corrected chi connectivity index (χ4v) is 2.71. The van der Waals surface area contributed by atoms with Crippen molar-refractivity contribution < 1.29 is 13.5 Å². The molecule has 1 saturated heterocycles. The van der Waals surface area contributed by atoms with Crippen LogP contribution in [-0.4, -0.2) is 42.5 Å². The number of hydrazone groups is 1. The van der Waals surface area contributed by atoms with Crippen molar-refractivity contribution in [3.8, 4) is 11.3 Å². The van der Waals surface area contributed by atoms with Crippen LogP contribution in [0.1, 0.15) is 11.3 Å². The second-order valence-electron chi connectivity index (χ2n) is 5.63. The van der Waals surface area contributed by atoms with Gasteiger partial charge in [-0.2, -0.15) is 5.10 Å². The van der Waals surface area contributed by atoms with Crippen LogP contribution in [0.4, 0.5) is 4.39 Å². The zero-order valence-electron chi connectivity index (χ0n) is 13.6. The Morgan fingerprint density at radius 2 is 2.12 bits per heavy atom. The third-order valence-corrected chi connectivity index (χ3v) is 3.92. The molecule has 0 bridgehead atoms. The SMILES string of the molecule is NC(=S)NN=Cc1ccc(-c2ccc(F)cc2CN2CCOCC2)o1. The van der Waals surface area contributed by atoms with Gasteiger partial charge in [-0.25, -0.2) is 4.39 Å². The molecular weight excluding hydrogens is 343 g/mol. The first kappa shape index (κ1) is 17.5. The number of rotatable bonds is 5. The van der Waals surface area contributed by atoms with E-state index in [4.69, 9.17) is 14.9 Å². The molecule has 0 unspecified atom stereocenters. The Kier molecular flexibility index (Phi) is 5.75. The highest BCUT2D eigenvalue weighted by atomic mass is 32.1. The maximum Gasteiger partial charge on any atom is 0.184 e. The van der Waals surface area contributed by atoms with E-state index in [0.29, 0.717) is 31.3 Å². The Morgan fingerprint density at radius 1 is 1.32 bits per heavy atom. The zero-order valence-corrected chi connectivity index (χ0v) is 14.4. The molecule has 0 radical (unpaired) electrons. The molecule has 2 heterocycles. The van der Waals surface area contributed by atoms with Crippen molar-refractivity contribution in [3.05, 3.63) is 47.5 Å². The Morgan fingerprint density at radius 3 is 2.88 bits per heavy atom. The Labute approximate surface area is 150 Å². The van der Waals surface area contributed by atoms with E-state index in [1.165, 1.54) is 12.3 Å². The van der Waals surface area contributed by atoms with Crippen LogP contribution in [0.3, 0.4) is 0 Å². The lowest BCUT2D eigenvalue weighted by Gasteiger charge is -2.27. The van der Waals surface area contributed by atoms with Gasteiger partial charge in [0, 0.05) is 25.2 Å². The summed E-state index contributed by atoms with van der Waals surface area (Å²) in [4.78, 5) is 2.24. The van der Waals surface area contributed by atoms with Gasteiger partial charge in [0.2, 0.25) is 0 Å². The molecule has 0 atom stereocenters. The number of halogens is 1. The molecule has 0 spiro atoms. The molecule has 0 saturated carbocycles. The summed E-state index contributed by atoms with van der Waals surface area (Å²) in [5.74, 6) is 0.932. The average molecular weight is 362 g/mol. The van der Waals surface area contributed by atoms with Crippen molar-refractivity contribution in [2.45, 2.75) is 6.54 Å². The van der Waals surface area contributed by atoms with E-state index < -0.39 is 0 Å². The highest BCUT2D eigenvalue weighted by molar-refractivity contribution is 7.80. The summed E-state index contributed by atoms with van der Waals surface area (Å²) in [6.07, 6.45) is 1.48. The molecule has 25 heavy (non-hydrogen) atoms. The van der Waals surface area contributed by atoms with E-state index in [0.717, 1.165) is 24.2 Å². The van der Waals surface area contributed by atoms with E-state index in [9.17, 15) is 4.39 Å². The van der Waals surface area contributed by atoms with Crippen LogP contribution in [0.15, 0.2) is 39.9 Å². The molecule has 132 valence electrons. The number of nitrogens with zero attached hydrogens (tertiary/aromatic N) is 2. The predicted octanol–water partition coefficient (Wildman–Crippen LogP) is 2.08. The monoisotopic (exact) mass is 362 g/mol. The van der Waals surface area contributed by atoms with Crippen molar-refractivity contribution in [2.24, 2.45) is 10.8 Å². The molecule has 1 fully saturated rings. The molecule has 0 amide bonds. The standard InChI is InChI=1S/C17H19FN4O2S/c18-13-1-3-15(12(9-13)11-22-5-7-23-8-6-22)16-4-2-14(24-16)10-20-21-17(19)25/h1-4,9-10H,5-8,11H2,(H3,19,21,25). The molecule has 8 heteroatoms. The third-order valence-electron chi connectivity index (χ3n) is 3.82. The summed E-state index contributed by atoms with van der Waals surface area (Å²) in [7, 11) is 0. The lowest BCUT2D eigenvalue weighted by Crippen LogP contribution is -2.35.